The van der Waals surface area contributed by atoms with Crippen LogP contribution in [0.5, 0.6) is 0 Å². The maximum Gasteiger partial charge on any atom is 0.241 e. The topological polar surface area (TPSA) is 46.2 Å². The molecule has 0 aliphatic rings. The highest BCUT2D eigenvalue weighted by Gasteiger charge is 2.22. The van der Waals surface area contributed by atoms with Crippen LogP contribution in [0.1, 0.15) is 36.6 Å². The Morgan fingerprint density at radius 1 is 0.741 bits per heavy atom. The van der Waals surface area contributed by atoms with Crippen molar-refractivity contribution in [2.45, 2.75) is 31.2 Å². The van der Waals surface area contributed by atoms with Crippen LogP contribution in [0.25, 0.3) is 0 Å². The van der Waals surface area contributed by atoms with E-state index in [2.05, 4.69) is 18.6 Å². The van der Waals surface area contributed by atoms with Crippen molar-refractivity contribution in [3.63, 3.8) is 0 Å². The van der Waals surface area contributed by atoms with Gasteiger partial charge in [0.05, 0.1) is 10.9 Å². The smallest absolute Gasteiger partial charge is 0.207 e. The Balaban J connectivity index is 1.91. The molecule has 0 spiro atoms. The number of hydrogen-bond acceptors (Lipinski definition) is 2. The Morgan fingerprint density at radius 2 is 1.22 bits per heavy atom. The van der Waals surface area contributed by atoms with Crippen LogP contribution in [0.3, 0.4) is 0 Å². The summed E-state index contributed by atoms with van der Waals surface area (Å²) in [6, 6.07) is 26.0. The van der Waals surface area contributed by atoms with Gasteiger partial charge in [0.1, 0.15) is 0 Å². The summed E-state index contributed by atoms with van der Waals surface area (Å²) in [5, 5.41) is 0. The highest BCUT2D eigenvalue weighted by atomic mass is 32.2. The molecule has 27 heavy (non-hydrogen) atoms. The highest BCUT2D eigenvalue weighted by Crippen LogP contribution is 2.24. The fourth-order valence-corrected chi connectivity index (χ4v) is 4.33. The van der Waals surface area contributed by atoms with Gasteiger partial charge in [-0.25, -0.2) is 8.42 Å². The molecule has 0 aliphatic heterocycles. The summed E-state index contributed by atoms with van der Waals surface area (Å²) in [5.74, 6) is 0.533. The zero-order valence-corrected chi connectivity index (χ0v) is 16.5. The van der Waals surface area contributed by atoms with Gasteiger partial charge >= 0.3 is 0 Å². The molecule has 0 fully saturated rings. The van der Waals surface area contributed by atoms with Gasteiger partial charge in [-0.2, -0.15) is 4.72 Å². The predicted molar refractivity (Wildman–Crippen MR) is 110 cm³/mol. The van der Waals surface area contributed by atoms with E-state index in [0.29, 0.717) is 5.92 Å². The second-order valence-electron chi connectivity index (χ2n) is 7.12. The summed E-state index contributed by atoms with van der Waals surface area (Å²) in [6.07, 6.45) is 0.935. The molecule has 1 N–H and O–H groups in total. The van der Waals surface area contributed by atoms with Crippen molar-refractivity contribution in [1.29, 1.82) is 0 Å². The molecular weight excluding hydrogens is 354 g/mol. The molecule has 0 aliphatic carbocycles. The molecule has 0 radical (unpaired) electrons. The molecule has 0 saturated heterocycles. The molecule has 0 aromatic heterocycles. The van der Waals surface area contributed by atoms with Crippen LogP contribution in [-0.4, -0.2) is 8.42 Å². The Labute approximate surface area is 162 Å². The van der Waals surface area contributed by atoms with E-state index in [4.69, 9.17) is 0 Å². The molecule has 0 bridgehead atoms. The van der Waals surface area contributed by atoms with Crippen LogP contribution in [0.2, 0.25) is 0 Å². The second kappa shape index (κ2) is 8.51. The van der Waals surface area contributed by atoms with E-state index in [1.54, 1.807) is 12.1 Å². The van der Waals surface area contributed by atoms with Crippen molar-refractivity contribution < 1.29 is 8.42 Å². The molecule has 3 aromatic rings. The van der Waals surface area contributed by atoms with Crippen LogP contribution < -0.4 is 4.72 Å². The third-order valence-corrected chi connectivity index (χ3v) is 5.86. The number of nitrogens with one attached hydrogen (secondary N) is 1. The van der Waals surface area contributed by atoms with Gasteiger partial charge in [0.25, 0.3) is 0 Å². The lowest BCUT2D eigenvalue weighted by Crippen LogP contribution is -2.29. The van der Waals surface area contributed by atoms with E-state index in [1.165, 1.54) is 0 Å². The van der Waals surface area contributed by atoms with Crippen molar-refractivity contribution in [1.82, 2.24) is 4.72 Å². The molecule has 4 heteroatoms. The van der Waals surface area contributed by atoms with Crippen molar-refractivity contribution in [2.75, 3.05) is 0 Å². The largest absolute Gasteiger partial charge is 0.241 e. The molecule has 0 saturated carbocycles. The fraction of sp³-hybridized carbons (Fsp3) is 0.217. The van der Waals surface area contributed by atoms with E-state index in [1.807, 2.05) is 72.8 Å². The quantitative estimate of drug-likeness (QED) is 0.631. The molecule has 0 heterocycles. The molecule has 3 aromatic carbocycles. The van der Waals surface area contributed by atoms with Crippen molar-refractivity contribution in [3.8, 4) is 0 Å². The van der Waals surface area contributed by atoms with Gasteiger partial charge < -0.3 is 0 Å². The Morgan fingerprint density at radius 3 is 1.67 bits per heavy atom. The van der Waals surface area contributed by atoms with Gasteiger partial charge in [-0.1, -0.05) is 86.6 Å². The minimum atomic E-state index is -3.65. The number of rotatable bonds is 7. The maximum absolute atomic E-state index is 13.0. The minimum Gasteiger partial charge on any atom is -0.207 e. The highest BCUT2D eigenvalue weighted by molar-refractivity contribution is 7.89. The summed E-state index contributed by atoms with van der Waals surface area (Å²) in [7, 11) is -3.65. The third kappa shape index (κ3) is 5.06. The first-order valence-corrected chi connectivity index (χ1v) is 10.7. The molecule has 140 valence electrons. The fourth-order valence-electron chi connectivity index (χ4n) is 3.12. The average molecular weight is 380 g/mol. The number of benzene rings is 3. The molecule has 3 rings (SSSR count). The first-order chi connectivity index (χ1) is 13.0. The predicted octanol–water partition coefficient (Wildman–Crippen LogP) is 4.95. The van der Waals surface area contributed by atoms with Crippen LogP contribution in [0, 0.1) is 5.92 Å². The van der Waals surface area contributed by atoms with Crippen molar-refractivity contribution in [3.05, 3.63) is 102 Å². The lowest BCUT2D eigenvalue weighted by atomic mass is 10.00. The molecular formula is C23H25NO2S. The van der Waals surface area contributed by atoms with Crippen LogP contribution in [0.4, 0.5) is 0 Å². The van der Waals surface area contributed by atoms with Crippen LogP contribution in [0.15, 0.2) is 89.8 Å². The van der Waals surface area contributed by atoms with Gasteiger partial charge in [0.15, 0.2) is 0 Å². The van der Waals surface area contributed by atoms with E-state index >= 15 is 0 Å². The SMILES string of the molecule is CC(C)Cc1ccc(S(=O)(=O)NC(c2ccccc2)c2ccccc2)cc1. The summed E-state index contributed by atoms with van der Waals surface area (Å²) in [4.78, 5) is 0.284. The van der Waals surface area contributed by atoms with Crippen molar-refractivity contribution in [2.24, 2.45) is 5.92 Å². The Bertz CT molecular complexity index is 911. The molecule has 0 unspecified atom stereocenters. The van der Waals surface area contributed by atoms with Crippen molar-refractivity contribution >= 4 is 10.0 Å². The lowest BCUT2D eigenvalue weighted by molar-refractivity contribution is 0.572. The number of hydrogen-bond donors (Lipinski definition) is 1. The monoisotopic (exact) mass is 379 g/mol. The Hall–Kier alpha value is -2.43. The van der Waals surface area contributed by atoms with Gasteiger partial charge in [0.2, 0.25) is 10.0 Å². The van der Waals surface area contributed by atoms with Crippen LogP contribution >= 0.6 is 0 Å². The van der Waals surface area contributed by atoms with Gasteiger partial charge in [-0.3, -0.25) is 0 Å². The Kier molecular flexibility index (Phi) is 6.09. The van der Waals surface area contributed by atoms with Gasteiger partial charge in [-0.05, 0) is 41.2 Å². The first-order valence-electron chi connectivity index (χ1n) is 9.17. The summed E-state index contributed by atoms with van der Waals surface area (Å²) < 4.78 is 28.9. The third-order valence-electron chi connectivity index (χ3n) is 4.42. The normalized spacial score (nSPS) is 11.9. The molecule has 0 atom stereocenters. The van der Waals surface area contributed by atoms with E-state index < -0.39 is 16.1 Å². The van der Waals surface area contributed by atoms with E-state index in [-0.39, 0.29) is 4.90 Å². The molecule has 3 nitrogen and oxygen atoms in total. The standard InChI is InChI=1S/C23H25NO2S/c1-18(2)17-19-13-15-22(16-14-19)27(25,26)24-23(20-9-5-3-6-10-20)21-11-7-4-8-12-21/h3-16,18,23-24H,17H2,1-2H3. The second-order valence-corrected chi connectivity index (χ2v) is 8.83. The molecule has 0 amide bonds. The minimum absolute atomic E-state index is 0.284. The summed E-state index contributed by atoms with van der Waals surface area (Å²) in [6.45, 7) is 4.30. The van der Waals surface area contributed by atoms with Crippen LogP contribution in [-0.2, 0) is 16.4 Å². The van der Waals surface area contributed by atoms with E-state index in [0.717, 1.165) is 23.1 Å². The van der Waals surface area contributed by atoms with Gasteiger partial charge in [0, 0.05) is 0 Å². The first kappa shape index (κ1) is 19.3. The maximum atomic E-state index is 13.0. The number of sulfonamides is 1. The summed E-state index contributed by atoms with van der Waals surface area (Å²) in [5.41, 5.74) is 2.96. The zero-order valence-electron chi connectivity index (χ0n) is 15.7. The van der Waals surface area contributed by atoms with Gasteiger partial charge in [-0.15, -0.1) is 0 Å². The summed E-state index contributed by atoms with van der Waals surface area (Å²) >= 11 is 0. The zero-order chi connectivity index (χ0) is 19.3. The average Bonchev–Trinajstić information content (AvgIpc) is 2.67. The lowest BCUT2D eigenvalue weighted by Gasteiger charge is -2.20. The van der Waals surface area contributed by atoms with E-state index in [9.17, 15) is 8.42 Å².